The van der Waals surface area contributed by atoms with Gasteiger partial charge in [0.05, 0.1) is 19.8 Å². The summed E-state index contributed by atoms with van der Waals surface area (Å²) in [6.45, 7) is 5.63. The molecular formula is C14H16O4. The number of methoxy groups -OCH3 is 2. The number of rotatable bonds is 5. The molecule has 1 rings (SSSR count). The summed E-state index contributed by atoms with van der Waals surface area (Å²) in [6.07, 6.45) is 0.909. The lowest BCUT2D eigenvalue weighted by molar-refractivity contribution is -0.107. The summed E-state index contributed by atoms with van der Waals surface area (Å²) in [6, 6.07) is 3.38. The third-order valence-corrected chi connectivity index (χ3v) is 2.65. The van der Waals surface area contributed by atoms with Crippen LogP contribution in [0.4, 0.5) is 0 Å². The topological polar surface area (TPSA) is 52.6 Å². The van der Waals surface area contributed by atoms with Gasteiger partial charge in [-0.15, -0.1) is 0 Å². The predicted molar refractivity (Wildman–Crippen MR) is 68.8 cm³/mol. The third-order valence-electron chi connectivity index (χ3n) is 2.65. The molecular weight excluding hydrogens is 232 g/mol. The molecule has 0 fully saturated rings. The zero-order valence-electron chi connectivity index (χ0n) is 10.8. The van der Waals surface area contributed by atoms with Gasteiger partial charge in [-0.2, -0.15) is 0 Å². The molecule has 0 atom stereocenters. The van der Waals surface area contributed by atoms with Crippen molar-refractivity contribution in [1.29, 1.82) is 0 Å². The molecule has 0 radical (unpaired) electrons. The fraction of sp³-hybridized carbons (Fsp3) is 0.286. The first-order valence-corrected chi connectivity index (χ1v) is 5.43. The number of hydrogen-bond donors (Lipinski definition) is 0. The molecule has 0 amide bonds. The molecule has 0 aliphatic carbocycles. The van der Waals surface area contributed by atoms with E-state index in [4.69, 9.17) is 9.47 Å². The van der Waals surface area contributed by atoms with Crippen LogP contribution in [0.25, 0.3) is 5.57 Å². The molecule has 96 valence electrons. The van der Waals surface area contributed by atoms with Crippen molar-refractivity contribution in [2.45, 2.75) is 13.3 Å². The summed E-state index contributed by atoms with van der Waals surface area (Å²) >= 11 is 0. The van der Waals surface area contributed by atoms with E-state index in [0.29, 0.717) is 22.4 Å². The molecule has 4 nitrogen and oxygen atoms in total. The lowest BCUT2D eigenvalue weighted by atomic mass is 9.96. The van der Waals surface area contributed by atoms with Crippen molar-refractivity contribution in [2.75, 3.05) is 14.2 Å². The number of ether oxygens (including phenoxy) is 2. The van der Waals surface area contributed by atoms with Crippen LogP contribution in [0.2, 0.25) is 0 Å². The zero-order valence-corrected chi connectivity index (χ0v) is 10.8. The second-order valence-electron chi connectivity index (χ2n) is 3.83. The summed E-state index contributed by atoms with van der Waals surface area (Å²) in [7, 11) is 2.86. The first kappa shape index (κ1) is 14.0. The Balaban J connectivity index is 3.38. The predicted octanol–water partition coefficient (Wildman–Crippen LogP) is 2.39. The summed E-state index contributed by atoms with van der Waals surface area (Å²) in [5.41, 5.74) is 2.35. The molecule has 0 aliphatic rings. The van der Waals surface area contributed by atoms with E-state index in [1.54, 1.807) is 19.2 Å². The fourth-order valence-electron chi connectivity index (χ4n) is 1.69. The van der Waals surface area contributed by atoms with Crippen LogP contribution >= 0.6 is 0 Å². The minimum atomic E-state index is -0.456. The minimum absolute atomic E-state index is 0.163. The Morgan fingerprint density at radius 1 is 1.33 bits per heavy atom. The maximum atomic E-state index is 11.7. The van der Waals surface area contributed by atoms with Crippen molar-refractivity contribution < 1.29 is 19.1 Å². The Morgan fingerprint density at radius 2 is 2.00 bits per heavy atom. The van der Waals surface area contributed by atoms with E-state index in [0.717, 1.165) is 11.8 Å². The highest BCUT2D eigenvalue weighted by molar-refractivity contribution is 5.97. The first-order chi connectivity index (χ1) is 8.54. The van der Waals surface area contributed by atoms with E-state index in [2.05, 4.69) is 6.58 Å². The molecule has 0 aromatic heterocycles. The molecule has 0 aliphatic heterocycles. The number of benzene rings is 1. The number of esters is 1. The van der Waals surface area contributed by atoms with E-state index in [-0.39, 0.29) is 6.42 Å². The first-order valence-electron chi connectivity index (χ1n) is 5.43. The number of carbonyl (C=O) groups is 2. The minimum Gasteiger partial charge on any atom is -0.496 e. The average molecular weight is 248 g/mol. The second-order valence-corrected chi connectivity index (χ2v) is 3.83. The van der Waals surface area contributed by atoms with Crippen LogP contribution in [0.3, 0.4) is 0 Å². The van der Waals surface area contributed by atoms with Crippen LogP contribution < -0.4 is 4.74 Å². The average Bonchev–Trinajstić information content (AvgIpc) is 2.37. The molecule has 0 heterocycles. The van der Waals surface area contributed by atoms with Gasteiger partial charge in [0, 0.05) is 6.42 Å². The smallest absolute Gasteiger partial charge is 0.338 e. The number of allylic oxidation sites excluding steroid dienone is 1. The van der Waals surface area contributed by atoms with E-state index in [9.17, 15) is 9.59 Å². The second kappa shape index (κ2) is 6.00. The Hall–Kier alpha value is -2.10. The lowest BCUT2D eigenvalue weighted by Crippen LogP contribution is -2.07. The molecule has 0 saturated heterocycles. The Morgan fingerprint density at radius 3 is 2.50 bits per heavy atom. The van der Waals surface area contributed by atoms with E-state index < -0.39 is 5.97 Å². The normalized spacial score (nSPS) is 9.72. The fourth-order valence-corrected chi connectivity index (χ4v) is 1.69. The highest BCUT2D eigenvalue weighted by atomic mass is 16.5. The summed E-state index contributed by atoms with van der Waals surface area (Å²) < 4.78 is 9.93. The van der Waals surface area contributed by atoms with Gasteiger partial charge in [0.25, 0.3) is 0 Å². The summed E-state index contributed by atoms with van der Waals surface area (Å²) in [5, 5.41) is 0. The maximum absolute atomic E-state index is 11.7. The highest BCUT2D eigenvalue weighted by Gasteiger charge is 2.16. The van der Waals surface area contributed by atoms with Crippen molar-refractivity contribution in [1.82, 2.24) is 0 Å². The standard InChI is InChI=1S/C14H16O4/c1-9(5-6-15)11-8-13(17-3)10(2)7-12(11)14(16)18-4/h6-8H,1,5H2,2-4H3. The van der Waals surface area contributed by atoms with Crippen LogP contribution in [0, 0.1) is 6.92 Å². The Kier molecular flexibility index (Phi) is 4.66. The van der Waals surface area contributed by atoms with Gasteiger partial charge in [-0.25, -0.2) is 4.79 Å². The summed E-state index contributed by atoms with van der Waals surface area (Å²) in [4.78, 5) is 22.3. The Bertz CT molecular complexity index is 489. The van der Waals surface area contributed by atoms with E-state index in [1.165, 1.54) is 7.11 Å². The number of aldehydes is 1. The molecule has 4 heteroatoms. The Labute approximate surface area is 106 Å². The van der Waals surface area contributed by atoms with Crippen molar-refractivity contribution in [3.05, 3.63) is 35.4 Å². The van der Waals surface area contributed by atoms with Gasteiger partial charge >= 0.3 is 5.97 Å². The molecule has 0 bridgehead atoms. The van der Waals surface area contributed by atoms with Gasteiger partial charge in [0.15, 0.2) is 0 Å². The summed E-state index contributed by atoms with van der Waals surface area (Å²) in [5.74, 6) is 0.188. The molecule has 0 N–H and O–H groups in total. The number of hydrogen-bond acceptors (Lipinski definition) is 4. The zero-order chi connectivity index (χ0) is 13.7. The van der Waals surface area contributed by atoms with Gasteiger partial charge < -0.3 is 14.3 Å². The number of aryl methyl sites for hydroxylation is 1. The van der Waals surface area contributed by atoms with Crippen LogP contribution in [0.1, 0.15) is 27.9 Å². The van der Waals surface area contributed by atoms with Crippen LogP contribution in [0.5, 0.6) is 5.75 Å². The molecule has 0 unspecified atom stereocenters. The highest BCUT2D eigenvalue weighted by Crippen LogP contribution is 2.28. The van der Waals surface area contributed by atoms with Crippen molar-refractivity contribution in [3.63, 3.8) is 0 Å². The third kappa shape index (κ3) is 2.77. The van der Waals surface area contributed by atoms with Crippen molar-refractivity contribution >= 4 is 17.8 Å². The van der Waals surface area contributed by atoms with E-state index in [1.807, 2.05) is 6.92 Å². The van der Waals surface area contributed by atoms with Crippen LogP contribution in [-0.4, -0.2) is 26.5 Å². The molecule has 1 aromatic rings. The van der Waals surface area contributed by atoms with Crippen LogP contribution in [-0.2, 0) is 9.53 Å². The van der Waals surface area contributed by atoms with Crippen molar-refractivity contribution in [3.8, 4) is 5.75 Å². The van der Waals surface area contributed by atoms with Gasteiger partial charge in [0.1, 0.15) is 12.0 Å². The van der Waals surface area contributed by atoms with Gasteiger partial charge in [0.2, 0.25) is 0 Å². The molecule has 1 aromatic carbocycles. The number of carbonyl (C=O) groups excluding carboxylic acids is 2. The largest absolute Gasteiger partial charge is 0.496 e. The van der Waals surface area contributed by atoms with Gasteiger partial charge in [-0.05, 0) is 35.8 Å². The quantitative estimate of drug-likeness (QED) is 0.593. The monoisotopic (exact) mass is 248 g/mol. The van der Waals surface area contributed by atoms with Gasteiger partial charge in [-0.1, -0.05) is 6.58 Å². The molecule has 0 spiro atoms. The lowest BCUT2D eigenvalue weighted by Gasteiger charge is -2.13. The molecule has 18 heavy (non-hydrogen) atoms. The van der Waals surface area contributed by atoms with Crippen molar-refractivity contribution in [2.24, 2.45) is 0 Å². The van der Waals surface area contributed by atoms with Gasteiger partial charge in [-0.3, -0.25) is 0 Å². The van der Waals surface area contributed by atoms with E-state index >= 15 is 0 Å². The SMILES string of the molecule is C=C(CC=O)c1cc(OC)c(C)cc1C(=O)OC. The van der Waals surface area contributed by atoms with Crippen LogP contribution in [0.15, 0.2) is 18.7 Å². The molecule has 0 saturated carbocycles. The maximum Gasteiger partial charge on any atom is 0.338 e.